The number of carbonyl (C=O) groups is 1. The van der Waals surface area contributed by atoms with Crippen molar-refractivity contribution in [1.29, 1.82) is 0 Å². The van der Waals surface area contributed by atoms with Crippen LogP contribution in [0, 0.1) is 20.8 Å². The highest BCUT2D eigenvalue weighted by Crippen LogP contribution is 2.19. The van der Waals surface area contributed by atoms with Gasteiger partial charge in [-0.2, -0.15) is 0 Å². The van der Waals surface area contributed by atoms with E-state index in [0.29, 0.717) is 17.0 Å². The summed E-state index contributed by atoms with van der Waals surface area (Å²) in [7, 11) is 0. The Morgan fingerprint density at radius 2 is 1.93 bits per heavy atom. The first-order chi connectivity index (χ1) is 13.9. The van der Waals surface area contributed by atoms with Gasteiger partial charge in [-0.3, -0.25) is 18.6 Å². The van der Waals surface area contributed by atoms with Crippen LogP contribution < -0.4 is 10.9 Å². The number of nitrogens with zero attached hydrogens (tertiary/aromatic N) is 5. The highest BCUT2D eigenvalue weighted by atomic mass is 16.2. The monoisotopic (exact) mass is 390 g/mol. The van der Waals surface area contributed by atoms with E-state index < -0.39 is 0 Å². The van der Waals surface area contributed by atoms with Crippen LogP contribution in [0.1, 0.15) is 35.5 Å². The summed E-state index contributed by atoms with van der Waals surface area (Å²) in [5, 5.41) is 11.0. The quantitative estimate of drug-likeness (QED) is 0.577. The number of aryl methyl sites for hydroxylation is 3. The van der Waals surface area contributed by atoms with Gasteiger partial charge >= 0.3 is 0 Å². The molecule has 29 heavy (non-hydrogen) atoms. The van der Waals surface area contributed by atoms with Crippen LogP contribution in [0.3, 0.4) is 0 Å². The average molecular weight is 390 g/mol. The number of hydrogen-bond donors (Lipinski definition) is 1. The Balaban J connectivity index is 1.69. The van der Waals surface area contributed by atoms with Crippen molar-refractivity contribution in [2.45, 2.75) is 40.3 Å². The molecule has 148 valence electrons. The highest BCUT2D eigenvalue weighted by molar-refractivity contribution is 5.80. The number of hydrogen-bond acceptors (Lipinski definition) is 5. The molecule has 0 unspecified atom stereocenters. The van der Waals surface area contributed by atoms with E-state index in [2.05, 4.69) is 26.6 Å². The van der Waals surface area contributed by atoms with Gasteiger partial charge in [0.15, 0.2) is 5.65 Å². The Hall–Kier alpha value is -3.55. The van der Waals surface area contributed by atoms with E-state index in [1.165, 1.54) is 10.1 Å². The molecule has 3 aromatic heterocycles. The van der Waals surface area contributed by atoms with Gasteiger partial charge in [0.1, 0.15) is 12.4 Å². The lowest BCUT2D eigenvalue weighted by atomic mass is 10.0. The predicted molar refractivity (Wildman–Crippen MR) is 110 cm³/mol. The molecule has 4 aromatic rings. The Morgan fingerprint density at radius 1 is 1.14 bits per heavy atom. The maximum atomic E-state index is 13.0. The maximum Gasteiger partial charge on any atom is 0.297 e. The normalized spacial score (nSPS) is 12.4. The number of benzene rings is 1. The lowest BCUT2D eigenvalue weighted by Crippen LogP contribution is -2.35. The van der Waals surface area contributed by atoms with Gasteiger partial charge in [-0.25, -0.2) is 4.98 Å². The van der Waals surface area contributed by atoms with Gasteiger partial charge in [0.25, 0.3) is 5.56 Å². The number of rotatable bonds is 4. The van der Waals surface area contributed by atoms with E-state index in [1.54, 1.807) is 29.7 Å². The van der Waals surface area contributed by atoms with Crippen LogP contribution >= 0.6 is 0 Å². The summed E-state index contributed by atoms with van der Waals surface area (Å²) in [6.45, 7) is 7.63. The molecule has 1 N–H and O–H groups in total. The molecule has 0 aliphatic heterocycles. The van der Waals surface area contributed by atoms with Crippen LogP contribution in [0.15, 0.2) is 41.3 Å². The number of aromatic nitrogens is 5. The first kappa shape index (κ1) is 18.8. The Kier molecular flexibility index (Phi) is 4.62. The Labute approximate surface area is 167 Å². The van der Waals surface area contributed by atoms with E-state index in [9.17, 15) is 9.59 Å². The fraction of sp³-hybridized carbons (Fsp3) is 0.286. The Bertz CT molecular complexity index is 1300. The minimum atomic E-state index is -0.375. The van der Waals surface area contributed by atoms with Crippen molar-refractivity contribution in [1.82, 2.24) is 29.5 Å². The zero-order valence-corrected chi connectivity index (χ0v) is 16.8. The van der Waals surface area contributed by atoms with E-state index >= 15 is 0 Å². The minimum absolute atomic E-state index is 0.126. The lowest BCUT2D eigenvalue weighted by molar-refractivity contribution is -0.122. The summed E-state index contributed by atoms with van der Waals surface area (Å²) in [5.74, 6) is 0.311. The molecule has 8 heteroatoms. The molecule has 0 saturated heterocycles. The molecule has 0 aliphatic rings. The van der Waals surface area contributed by atoms with E-state index in [-0.39, 0.29) is 29.7 Å². The van der Waals surface area contributed by atoms with Gasteiger partial charge in [-0.15, -0.1) is 10.2 Å². The second-order valence-electron chi connectivity index (χ2n) is 7.29. The molecular formula is C21H22N6O2. The number of fused-ring (bicyclic) bond motifs is 3. The molecule has 3 heterocycles. The van der Waals surface area contributed by atoms with E-state index in [4.69, 9.17) is 0 Å². The van der Waals surface area contributed by atoms with Crippen molar-refractivity contribution in [2.75, 3.05) is 0 Å². The fourth-order valence-corrected chi connectivity index (χ4v) is 3.73. The third kappa shape index (κ3) is 3.26. The molecule has 0 radical (unpaired) electrons. The average Bonchev–Trinajstić information content (AvgIpc) is 3.07. The summed E-state index contributed by atoms with van der Waals surface area (Å²) in [4.78, 5) is 30.1. The fourth-order valence-electron chi connectivity index (χ4n) is 3.73. The Morgan fingerprint density at radius 3 is 2.69 bits per heavy atom. The topological polar surface area (TPSA) is 94.2 Å². The second-order valence-corrected chi connectivity index (χ2v) is 7.29. The zero-order chi connectivity index (χ0) is 20.7. The van der Waals surface area contributed by atoms with Gasteiger partial charge in [0.2, 0.25) is 11.6 Å². The van der Waals surface area contributed by atoms with Crippen LogP contribution in [-0.2, 0) is 11.3 Å². The molecule has 1 aromatic carbocycles. The van der Waals surface area contributed by atoms with Gasteiger partial charge in [-0.05, 0) is 51.0 Å². The summed E-state index contributed by atoms with van der Waals surface area (Å²) < 4.78 is 3.01. The molecule has 1 atom stereocenters. The van der Waals surface area contributed by atoms with Crippen molar-refractivity contribution < 1.29 is 4.79 Å². The van der Waals surface area contributed by atoms with Crippen LogP contribution in [0.25, 0.3) is 16.8 Å². The third-order valence-corrected chi connectivity index (χ3v) is 5.10. The summed E-state index contributed by atoms with van der Waals surface area (Å²) in [6.07, 6.45) is 1.64. The highest BCUT2D eigenvalue weighted by Gasteiger charge is 2.18. The summed E-state index contributed by atoms with van der Waals surface area (Å²) in [5.41, 5.74) is 4.22. The van der Waals surface area contributed by atoms with Crippen molar-refractivity contribution in [3.8, 4) is 0 Å². The van der Waals surface area contributed by atoms with Gasteiger partial charge < -0.3 is 5.32 Å². The van der Waals surface area contributed by atoms with Crippen LogP contribution in [0.5, 0.6) is 0 Å². The number of carbonyl (C=O) groups excluding carboxylic acids is 1. The van der Waals surface area contributed by atoms with Gasteiger partial charge in [0, 0.05) is 6.20 Å². The first-order valence-electron chi connectivity index (χ1n) is 9.42. The zero-order valence-electron chi connectivity index (χ0n) is 16.8. The lowest BCUT2D eigenvalue weighted by Gasteiger charge is -2.18. The van der Waals surface area contributed by atoms with Crippen molar-refractivity contribution in [3.05, 3.63) is 69.4 Å². The largest absolute Gasteiger partial charge is 0.348 e. The molecule has 0 bridgehead atoms. The minimum Gasteiger partial charge on any atom is -0.348 e. The van der Waals surface area contributed by atoms with E-state index in [1.807, 2.05) is 32.9 Å². The molecule has 0 aliphatic carbocycles. The second kappa shape index (κ2) is 7.12. The standard InChI is InChI=1S/C21H22N6O2/c1-12-7-8-16(13(2)10-12)14(3)23-18(28)11-26-17-6-5-9-22-19(17)27-15(4)24-25-20(27)21(26)29/h5-10,14H,11H2,1-4H3,(H,23,28)/t14-/m0/s1. The number of amides is 1. The molecular weight excluding hydrogens is 368 g/mol. The molecule has 8 nitrogen and oxygen atoms in total. The summed E-state index contributed by atoms with van der Waals surface area (Å²) in [6, 6.07) is 9.46. The van der Waals surface area contributed by atoms with Crippen LogP contribution in [0.4, 0.5) is 0 Å². The molecule has 0 fully saturated rings. The molecule has 0 saturated carbocycles. The first-order valence-corrected chi connectivity index (χ1v) is 9.42. The molecule has 0 spiro atoms. The maximum absolute atomic E-state index is 13.0. The van der Waals surface area contributed by atoms with Crippen molar-refractivity contribution in [3.63, 3.8) is 0 Å². The number of nitrogens with one attached hydrogen (secondary N) is 1. The van der Waals surface area contributed by atoms with Gasteiger partial charge in [-0.1, -0.05) is 23.8 Å². The predicted octanol–water partition coefficient (Wildman–Crippen LogP) is 2.24. The summed E-state index contributed by atoms with van der Waals surface area (Å²) >= 11 is 0. The number of pyridine rings is 1. The molecule has 4 rings (SSSR count). The van der Waals surface area contributed by atoms with E-state index in [0.717, 1.165) is 11.1 Å². The van der Waals surface area contributed by atoms with Gasteiger partial charge in [0.05, 0.1) is 11.6 Å². The molecule has 1 amide bonds. The third-order valence-electron chi connectivity index (χ3n) is 5.10. The van der Waals surface area contributed by atoms with Crippen LogP contribution in [-0.4, -0.2) is 30.1 Å². The van der Waals surface area contributed by atoms with Crippen molar-refractivity contribution in [2.24, 2.45) is 0 Å². The SMILES string of the molecule is Cc1ccc([C@H](C)NC(=O)Cn2c(=O)c3nnc(C)n3c3ncccc32)c(C)c1. The van der Waals surface area contributed by atoms with Crippen LogP contribution in [0.2, 0.25) is 0 Å². The smallest absolute Gasteiger partial charge is 0.297 e. The van der Waals surface area contributed by atoms with Crippen molar-refractivity contribution >= 4 is 22.7 Å².